The molecule has 8 nitrogen and oxygen atoms in total. The molecule has 4 N–H and O–H groups in total. The minimum absolute atomic E-state index is 0.104. The summed E-state index contributed by atoms with van der Waals surface area (Å²) in [6, 6.07) is 9.56. The van der Waals surface area contributed by atoms with Gasteiger partial charge in [0.1, 0.15) is 11.6 Å². The van der Waals surface area contributed by atoms with E-state index in [1.54, 1.807) is 29.6 Å². The van der Waals surface area contributed by atoms with Gasteiger partial charge in [0.15, 0.2) is 0 Å². The molecule has 3 aliphatic rings. The number of benzene rings is 2. The van der Waals surface area contributed by atoms with E-state index in [4.69, 9.17) is 10.5 Å². The zero-order valence-electron chi connectivity index (χ0n) is 24.1. The Balaban J connectivity index is 1.32. The molecule has 1 unspecified atom stereocenters. The molecule has 2 saturated heterocycles. The van der Waals surface area contributed by atoms with Crippen molar-refractivity contribution in [2.75, 3.05) is 31.3 Å². The highest BCUT2D eigenvalue weighted by Gasteiger charge is 2.39. The van der Waals surface area contributed by atoms with Crippen molar-refractivity contribution in [3.8, 4) is 0 Å². The summed E-state index contributed by atoms with van der Waals surface area (Å²) in [5.41, 5.74) is 8.09. The molecule has 2 aromatic rings. The molecule has 1 saturated carbocycles. The maximum absolute atomic E-state index is 15.2. The van der Waals surface area contributed by atoms with Crippen molar-refractivity contribution in [1.82, 2.24) is 9.62 Å². The lowest BCUT2D eigenvalue weighted by Gasteiger charge is -2.37. The maximum Gasteiger partial charge on any atom is 0.241 e. The van der Waals surface area contributed by atoms with Gasteiger partial charge in [0.2, 0.25) is 15.9 Å². The second-order valence-electron chi connectivity index (χ2n) is 12.0. The van der Waals surface area contributed by atoms with Crippen LogP contribution in [0.3, 0.4) is 0 Å². The summed E-state index contributed by atoms with van der Waals surface area (Å²) < 4.78 is 61.8. The molecule has 1 amide bonds. The molecular weight excluding hydrogens is 562 g/mol. The van der Waals surface area contributed by atoms with Crippen LogP contribution >= 0.6 is 0 Å². The second kappa shape index (κ2) is 13.5. The molecule has 0 radical (unpaired) electrons. The molecule has 2 aliphatic heterocycles. The summed E-state index contributed by atoms with van der Waals surface area (Å²) in [6.45, 7) is 0.940. The van der Waals surface area contributed by atoms with Crippen molar-refractivity contribution in [2.24, 2.45) is 11.7 Å². The van der Waals surface area contributed by atoms with E-state index in [0.29, 0.717) is 37.2 Å². The number of carbonyl (C=O) groups is 1. The van der Waals surface area contributed by atoms with Gasteiger partial charge in [-0.3, -0.25) is 4.79 Å². The Bertz CT molecular complexity index is 1330. The first kappa shape index (κ1) is 31.0. The van der Waals surface area contributed by atoms with Gasteiger partial charge in [-0.05, 0) is 87.1 Å². The number of amides is 1. The summed E-state index contributed by atoms with van der Waals surface area (Å²) in [7, 11) is -1.67. The number of halogens is 2. The van der Waals surface area contributed by atoms with Crippen LogP contribution in [0.2, 0.25) is 0 Å². The van der Waals surface area contributed by atoms with Gasteiger partial charge < -0.3 is 21.1 Å². The highest BCUT2D eigenvalue weighted by atomic mass is 32.2. The first-order valence-corrected chi connectivity index (χ1v) is 16.6. The van der Waals surface area contributed by atoms with Crippen LogP contribution in [0.25, 0.3) is 0 Å². The van der Waals surface area contributed by atoms with Crippen LogP contribution in [0.1, 0.15) is 62.0 Å². The average Bonchev–Trinajstić information content (AvgIpc) is 3.10. The van der Waals surface area contributed by atoms with Gasteiger partial charge in [-0.15, -0.1) is 0 Å². The molecule has 5 atom stereocenters. The standard InChI is InChI=1S/C31H42F2N4O4S/c1-41-25-14-9-21(10-15-25)29(20-7-11-22(32)12-8-20)30(34)31(38)36-28-6-2-5-27(33)26(28)16-13-24-18-35-23-4-3-17-42(39,40)37(24)19-23/h2,5-8,11-12,21,23-25,29-30,35H,3-4,9-10,13-19,34H2,1H3,(H,36,38)/t21?,23-,24+,25?,29+,30+/m1/s1. The Kier molecular flexibility index (Phi) is 9.94. The monoisotopic (exact) mass is 604 g/mol. The van der Waals surface area contributed by atoms with Gasteiger partial charge >= 0.3 is 0 Å². The Morgan fingerprint density at radius 2 is 1.86 bits per heavy atom. The number of rotatable bonds is 9. The first-order chi connectivity index (χ1) is 20.2. The predicted octanol–water partition coefficient (Wildman–Crippen LogP) is 3.92. The Morgan fingerprint density at radius 3 is 2.57 bits per heavy atom. The summed E-state index contributed by atoms with van der Waals surface area (Å²) in [5, 5.41) is 6.32. The van der Waals surface area contributed by atoms with E-state index in [1.807, 2.05) is 0 Å². The molecule has 2 aromatic carbocycles. The number of nitrogens with two attached hydrogens (primary N) is 1. The van der Waals surface area contributed by atoms with E-state index in [2.05, 4.69) is 10.6 Å². The molecule has 0 spiro atoms. The molecular formula is C31H42F2N4O4S. The lowest BCUT2D eigenvalue weighted by atomic mass is 9.72. The van der Waals surface area contributed by atoms with Crippen molar-refractivity contribution in [3.63, 3.8) is 0 Å². The molecule has 2 bridgehead atoms. The minimum Gasteiger partial charge on any atom is -0.381 e. The van der Waals surface area contributed by atoms with Crippen LogP contribution in [-0.2, 0) is 26.0 Å². The number of ether oxygens (including phenoxy) is 1. The number of anilines is 1. The smallest absolute Gasteiger partial charge is 0.241 e. The zero-order valence-corrected chi connectivity index (χ0v) is 24.9. The fourth-order valence-electron chi connectivity index (χ4n) is 7.01. The first-order valence-electron chi connectivity index (χ1n) is 15.0. The van der Waals surface area contributed by atoms with Crippen molar-refractivity contribution >= 4 is 21.6 Å². The number of hydrogen-bond acceptors (Lipinski definition) is 6. The highest BCUT2D eigenvalue weighted by molar-refractivity contribution is 7.89. The quantitative estimate of drug-likeness (QED) is 0.400. The SMILES string of the molecule is COC1CCC([C@H](c2ccc(F)cc2)[C@H](N)C(=O)Nc2cccc(F)c2CC[C@H]2CN[C@@H]3CCCS(=O)(=O)N2C3)CC1. The number of fused-ring (bicyclic) bond motifs is 2. The molecule has 0 aromatic heterocycles. The van der Waals surface area contributed by atoms with Crippen molar-refractivity contribution in [2.45, 2.75) is 81.5 Å². The molecule has 230 valence electrons. The number of nitrogens with one attached hydrogen (secondary N) is 2. The van der Waals surface area contributed by atoms with E-state index < -0.39 is 27.8 Å². The fourth-order valence-corrected chi connectivity index (χ4v) is 8.81. The van der Waals surface area contributed by atoms with E-state index >= 15 is 4.39 Å². The third kappa shape index (κ3) is 7.02. The van der Waals surface area contributed by atoms with Crippen LogP contribution in [0.15, 0.2) is 42.5 Å². The number of piperazine rings is 1. The Morgan fingerprint density at radius 1 is 1.12 bits per heavy atom. The molecule has 11 heteroatoms. The number of carbonyl (C=O) groups excluding carboxylic acids is 1. The average molecular weight is 605 g/mol. The summed E-state index contributed by atoms with van der Waals surface area (Å²) in [5.74, 6) is -1.39. The van der Waals surface area contributed by atoms with Crippen LogP contribution < -0.4 is 16.4 Å². The summed E-state index contributed by atoms with van der Waals surface area (Å²) in [4.78, 5) is 13.6. The predicted molar refractivity (Wildman–Crippen MR) is 159 cm³/mol. The van der Waals surface area contributed by atoms with Crippen LogP contribution in [0.4, 0.5) is 14.5 Å². The van der Waals surface area contributed by atoms with Gasteiger partial charge in [0.05, 0.1) is 17.9 Å². The van der Waals surface area contributed by atoms with Gasteiger partial charge in [0, 0.05) is 49.5 Å². The Hall–Kier alpha value is -2.44. The van der Waals surface area contributed by atoms with Crippen molar-refractivity contribution in [1.29, 1.82) is 0 Å². The fraction of sp³-hybridized carbons (Fsp3) is 0.581. The van der Waals surface area contributed by atoms with Gasteiger partial charge in [0.25, 0.3) is 0 Å². The normalized spacial score (nSPS) is 28.8. The van der Waals surface area contributed by atoms with Gasteiger partial charge in [-0.25, -0.2) is 17.2 Å². The number of nitrogens with zero attached hydrogens (tertiary/aromatic N) is 1. The largest absolute Gasteiger partial charge is 0.381 e. The summed E-state index contributed by atoms with van der Waals surface area (Å²) in [6.07, 6.45) is 5.63. The van der Waals surface area contributed by atoms with Gasteiger partial charge in [-0.1, -0.05) is 18.2 Å². The number of hydrogen-bond donors (Lipinski definition) is 3. The number of methoxy groups -OCH3 is 1. The van der Waals surface area contributed by atoms with Crippen molar-refractivity contribution in [3.05, 3.63) is 65.2 Å². The lowest BCUT2D eigenvalue weighted by molar-refractivity contribution is -0.118. The van der Waals surface area contributed by atoms with E-state index in [9.17, 15) is 17.6 Å². The Labute approximate surface area is 247 Å². The third-order valence-electron chi connectivity index (χ3n) is 9.37. The third-order valence-corrected chi connectivity index (χ3v) is 11.3. The van der Waals surface area contributed by atoms with E-state index in [0.717, 1.165) is 37.7 Å². The minimum atomic E-state index is -3.37. The maximum atomic E-state index is 15.2. The van der Waals surface area contributed by atoms with E-state index in [1.165, 1.54) is 24.3 Å². The van der Waals surface area contributed by atoms with E-state index in [-0.39, 0.29) is 48.0 Å². The van der Waals surface area contributed by atoms with Crippen LogP contribution in [-0.4, -0.2) is 68.8 Å². The lowest BCUT2D eigenvalue weighted by Crippen LogP contribution is -2.57. The number of sulfonamides is 1. The summed E-state index contributed by atoms with van der Waals surface area (Å²) >= 11 is 0. The van der Waals surface area contributed by atoms with Crippen LogP contribution in [0.5, 0.6) is 0 Å². The molecule has 5 rings (SSSR count). The molecule has 2 heterocycles. The molecule has 1 aliphatic carbocycles. The second-order valence-corrected chi connectivity index (χ2v) is 14.0. The van der Waals surface area contributed by atoms with Gasteiger partial charge in [-0.2, -0.15) is 4.31 Å². The van der Waals surface area contributed by atoms with Crippen molar-refractivity contribution < 1.29 is 26.7 Å². The highest BCUT2D eigenvalue weighted by Crippen LogP contribution is 2.39. The topological polar surface area (TPSA) is 114 Å². The molecule has 42 heavy (non-hydrogen) atoms. The zero-order chi connectivity index (χ0) is 29.9. The molecule has 3 fully saturated rings. The van der Waals surface area contributed by atoms with Crippen LogP contribution in [0, 0.1) is 17.6 Å².